The van der Waals surface area contributed by atoms with Gasteiger partial charge in [-0.25, -0.2) is 0 Å². The molecule has 106 valence electrons. The molecule has 0 aromatic carbocycles. The Bertz CT molecular complexity index is 387. The molecule has 0 spiro atoms. The highest BCUT2D eigenvalue weighted by atomic mass is 15.2. The fourth-order valence-electron chi connectivity index (χ4n) is 3.14. The van der Waals surface area contributed by atoms with Crippen molar-refractivity contribution in [3.63, 3.8) is 0 Å². The second kappa shape index (κ2) is 6.38. The molecule has 3 atom stereocenters. The maximum atomic E-state index is 4.67. The number of nitrogens with one attached hydrogen (secondary N) is 1. The molecule has 3 heteroatoms. The Hall–Kier alpha value is -1.09. The average molecular weight is 261 g/mol. The van der Waals surface area contributed by atoms with Crippen molar-refractivity contribution in [3.05, 3.63) is 24.0 Å². The van der Waals surface area contributed by atoms with Crippen molar-refractivity contribution in [2.75, 3.05) is 18.0 Å². The molecule has 1 aromatic heterocycles. The van der Waals surface area contributed by atoms with Gasteiger partial charge in [0.05, 0.1) is 17.6 Å². The SMILES string of the molecule is CCNC(CC)c1ccc(N2CC(C)CC2C)cn1. The van der Waals surface area contributed by atoms with Crippen LogP contribution in [0.25, 0.3) is 0 Å². The molecular formula is C16H27N3. The van der Waals surface area contributed by atoms with Crippen LogP contribution in [-0.4, -0.2) is 24.1 Å². The molecule has 0 saturated carbocycles. The van der Waals surface area contributed by atoms with Crippen molar-refractivity contribution in [1.82, 2.24) is 10.3 Å². The summed E-state index contributed by atoms with van der Waals surface area (Å²) in [7, 11) is 0. The molecule has 3 nitrogen and oxygen atoms in total. The van der Waals surface area contributed by atoms with Crippen LogP contribution >= 0.6 is 0 Å². The van der Waals surface area contributed by atoms with Gasteiger partial charge >= 0.3 is 0 Å². The van der Waals surface area contributed by atoms with Crippen LogP contribution in [0.5, 0.6) is 0 Å². The molecule has 1 saturated heterocycles. The third-order valence-electron chi connectivity index (χ3n) is 4.10. The highest BCUT2D eigenvalue weighted by Gasteiger charge is 2.26. The number of rotatable bonds is 5. The first-order valence-corrected chi connectivity index (χ1v) is 7.61. The zero-order valence-electron chi connectivity index (χ0n) is 12.7. The van der Waals surface area contributed by atoms with E-state index in [9.17, 15) is 0 Å². The average Bonchev–Trinajstić information content (AvgIpc) is 2.75. The van der Waals surface area contributed by atoms with E-state index in [1.807, 2.05) is 6.20 Å². The second-order valence-corrected chi connectivity index (χ2v) is 5.80. The van der Waals surface area contributed by atoms with E-state index in [2.05, 4.69) is 55.0 Å². The summed E-state index contributed by atoms with van der Waals surface area (Å²) in [6.45, 7) is 11.1. The first-order valence-electron chi connectivity index (χ1n) is 7.61. The maximum absolute atomic E-state index is 4.67. The number of pyridine rings is 1. The summed E-state index contributed by atoms with van der Waals surface area (Å²) >= 11 is 0. The van der Waals surface area contributed by atoms with Gasteiger partial charge in [-0.05, 0) is 44.4 Å². The zero-order valence-corrected chi connectivity index (χ0v) is 12.7. The summed E-state index contributed by atoms with van der Waals surface area (Å²) in [4.78, 5) is 7.15. The van der Waals surface area contributed by atoms with E-state index >= 15 is 0 Å². The smallest absolute Gasteiger partial charge is 0.0574 e. The molecule has 2 heterocycles. The van der Waals surface area contributed by atoms with Crippen LogP contribution in [0.4, 0.5) is 5.69 Å². The molecule has 1 aliphatic rings. The van der Waals surface area contributed by atoms with Gasteiger partial charge in [-0.3, -0.25) is 4.98 Å². The highest BCUT2D eigenvalue weighted by Crippen LogP contribution is 2.28. The molecule has 1 aromatic rings. The molecule has 1 N–H and O–H groups in total. The summed E-state index contributed by atoms with van der Waals surface area (Å²) in [5.74, 6) is 0.792. The standard InChI is InChI=1S/C16H27N3/c1-5-15(17-6-2)16-8-7-14(10-18-16)19-11-12(3)9-13(19)4/h7-8,10,12-13,15,17H,5-6,9,11H2,1-4H3. The van der Waals surface area contributed by atoms with Crippen molar-refractivity contribution in [1.29, 1.82) is 0 Å². The lowest BCUT2D eigenvalue weighted by Crippen LogP contribution is -2.27. The van der Waals surface area contributed by atoms with Gasteiger partial charge in [-0.15, -0.1) is 0 Å². The molecule has 2 rings (SSSR count). The quantitative estimate of drug-likeness (QED) is 0.880. The number of nitrogens with zero attached hydrogens (tertiary/aromatic N) is 2. The highest BCUT2D eigenvalue weighted by molar-refractivity contribution is 5.47. The van der Waals surface area contributed by atoms with Crippen molar-refractivity contribution in [2.45, 2.75) is 52.6 Å². The van der Waals surface area contributed by atoms with Gasteiger partial charge < -0.3 is 10.2 Å². The number of hydrogen-bond donors (Lipinski definition) is 1. The fraction of sp³-hybridized carbons (Fsp3) is 0.688. The fourth-order valence-corrected chi connectivity index (χ4v) is 3.14. The third-order valence-corrected chi connectivity index (χ3v) is 4.10. The van der Waals surface area contributed by atoms with Gasteiger partial charge in [0.2, 0.25) is 0 Å². The number of hydrogen-bond acceptors (Lipinski definition) is 3. The van der Waals surface area contributed by atoms with Gasteiger partial charge in [-0.2, -0.15) is 0 Å². The summed E-state index contributed by atoms with van der Waals surface area (Å²) in [5, 5.41) is 3.48. The summed E-state index contributed by atoms with van der Waals surface area (Å²) < 4.78 is 0. The molecule has 0 radical (unpaired) electrons. The van der Waals surface area contributed by atoms with E-state index in [0.717, 1.165) is 31.1 Å². The largest absolute Gasteiger partial charge is 0.367 e. The van der Waals surface area contributed by atoms with Crippen LogP contribution in [0.2, 0.25) is 0 Å². The van der Waals surface area contributed by atoms with Crippen LogP contribution in [0.3, 0.4) is 0 Å². The minimum absolute atomic E-state index is 0.383. The Morgan fingerprint density at radius 2 is 2.16 bits per heavy atom. The summed E-state index contributed by atoms with van der Waals surface area (Å²) in [5.41, 5.74) is 2.43. The number of anilines is 1. The topological polar surface area (TPSA) is 28.2 Å². The zero-order chi connectivity index (χ0) is 13.8. The monoisotopic (exact) mass is 261 g/mol. The first kappa shape index (κ1) is 14.3. The molecule has 1 aliphatic heterocycles. The van der Waals surface area contributed by atoms with Crippen LogP contribution in [-0.2, 0) is 0 Å². The van der Waals surface area contributed by atoms with Gasteiger partial charge in [0, 0.05) is 18.6 Å². The predicted octanol–water partition coefficient (Wildman–Crippen LogP) is 3.38. The van der Waals surface area contributed by atoms with E-state index in [4.69, 9.17) is 0 Å². The van der Waals surface area contributed by atoms with Crippen LogP contribution in [0.1, 0.15) is 52.3 Å². The third kappa shape index (κ3) is 3.27. The van der Waals surface area contributed by atoms with Crippen molar-refractivity contribution < 1.29 is 0 Å². The molecule has 0 bridgehead atoms. The minimum Gasteiger partial charge on any atom is -0.367 e. The van der Waals surface area contributed by atoms with Crippen LogP contribution < -0.4 is 10.2 Å². The van der Waals surface area contributed by atoms with E-state index in [0.29, 0.717) is 12.1 Å². The molecule has 1 fully saturated rings. The van der Waals surface area contributed by atoms with Gasteiger partial charge in [0.15, 0.2) is 0 Å². The predicted molar refractivity (Wildman–Crippen MR) is 81.5 cm³/mol. The van der Waals surface area contributed by atoms with E-state index < -0.39 is 0 Å². The van der Waals surface area contributed by atoms with Crippen LogP contribution in [0.15, 0.2) is 18.3 Å². The summed E-state index contributed by atoms with van der Waals surface area (Å²) in [6.07, 6.45) is 4.41. The molecule has 0 aliphatic carbocycles. The van der Waals surface area contributed by atoms with E-state index in [1.165, 1.54) is 12.1 Å². The second-order valence-electron chi connectivity index (χ2n) is 5.80. The van der Waals surface area contributed by atoms with Crippen LogP contribution in [0, 0.1) is 5.92 Å². The molecule has 0 amide bonds. The molecule has 19 heavy (non-hydrogen) atoms. The normalized spacial score (nSPS) is 24.7. The van der Waals surface area contributed by atoms with Crippen molar-refractivity contribution in [2.24, 2.45) is 5.92 Å². The first-order chi connectivity index (χ1) is 9.15. The molecular weight excluding hydrogens is 234 g/mol. The van der Waals surface area contributed by atoms with Gasteiger partial charge in [0.25, 0.3) is 0 Å². The molecule has 3 unspecified atom stereocenters. The maximum Gasteiger partial charge on any atom is 0.0574 e. The van der Waals surface area contributed by atoms with Gasteiger partial charge in [-0.1, -0.05) is 20.8 Å². The summed E-state index contributed by atoms with van der Waals surface area (Å²) in [6, 6.07) is 5.44. The Balaban J connectivity index is 2.09. The van der Waals surface area contributed by atoms with E-state index in [-0.39, 0.29) is 0 Å². The lowest BCUT2D eigenvalue weighted by molar-refractivity contribution is 0.524. The van der Waals surface area contributed by atoms with Gasteiger partial charge in [0.1, 0.15) is 0 Å². The Morgan fingerprint density at radius 3 is 2.63 bits per heavy atom. The Kier molecular flexibility index (Phi) is 4.81. The Labute approximate surface area is 117 Å². The van der Waals surface area contributed by atoms with Crippen molar-refractivity contribution >= 4 is 5.69 Å². The number of aromatic nitrogens is 1. The minimum atomic E-state index is 0.383. The van der Waals surface area contributed by atoms with Crippen molar-refractivity contribution in [3.8, 4) is 0 Å². The lowest BCUT2D eigenvalue weighted by atomic mass is 10.1. The van der Waals surface area contributed by atoms with E-state index in [1.54, 1.807) is 0 Å². The Morgan fingerprint density at radius 1 is 1.37 bits per heavy atom. The lowest BCUT2D eigenvalue weighted by Gasteiger charge is -2.24.